The highest BCUT2D eigenvalue weighted by Gasteiger charge is 2.51. The van der Waals surface area contributed by atoms with Crippen LogP contribution in [0, 0.1) is 11.2 Å². The molecule has 3 heterocycles. The Labute approximate surface area is 202 Å². The summed E-state index contributed by atoms with van der Waals surface area (Å²) in [4.78, 5) is 31.6. The van der Waals surface area contributed by atoms with Gasteiger partial charge < -0.3 is 19.3 Å². The minimum Gasteiger partial charge on any atom is -0.462 e. The number of amides is 1. The van der Waals surface area contributed by atoms with E-state index in [4.69, 9.17) is 9.47 Å². The summed E-state index contributed by atoms with van der Waals surface area (Å²) in [5.74, 6) is -0.314. The largest absolute Gasteiger partial charge is 0.462 e. The summed E-state index contributed by atoms with van der Waals surface area (Å²) in [5, 5.41) is 0. The highest BCUT2D eigenvalue weighted by molar-refractivity contribution is 5.79. The van der Waals surface area contributed by atoms with Crippen LogP contribution in [-0.4, -0.2) is 78.9 Å². The fourth-order valence-electron chi connectivity index (χ4n) is 5.37. The van der Waals surface area contributed by atoms with Crippen molar-refractivity contribution in [1.29, 1.82) is 0 Å². The van der Waals surface area contributed by atoms with Gasteiger partial charge in [0, 0.05) is 57.4 Å². The Hall–Kier alpha value is -2.35. The van der Waals surface area contributed by atoms with E-state index >= 15 is 0 Å². The first-order chi connectivity index (χ1) is 16.0. The third-order valence-corrected chi connectivity index (χ3v) is 7.39. The van der Waals surface area contributed by atoms with E-state index in [2.05, 4.69) is 16.7 Å². The average molecular weight is 476 g/mol. The summed E-state index contributed by atoms with van der Waals surface area (Å²) in [6, 6.07) is 7.05. The van der Waals surface area contributed by atoms with Crippen LogP contribution in [0.1, 0.15) is 53.4 Å². The van der Waals surface area contributed by atoms with Crippen LogP contribution in [0.15, 0.2) is 24.3 Å². The predicted octanol–water partition coefficient (Wildman–Crippen LogP) is 4.06. The van der Waals surface area contributed by atoms with Crippen molar-refractivity contribution in [1.82, 2.24) is 9.80 Å². The molecule has 3 aliphatic rings. The lowest BCUT2D eigenvalue weighted by molar-refractivity contribution is -0.151. The molecule has 3 fully saturated rings. The zero-order valence-corrected chi connectivity index (χ0v) is 20.9. The van der Waals surface area contributed by atoms with E-state index in [1.807, 2.05) is 32.9 Å². The fraction of sp³-hybridized carbons (Fsp3) is 0.692. The van der Waals surface area contributed by atoms with Crippen molar-refractivity contribution in [2.75, 3.05) is 44.2 Å². The van der Waals surface area contributed by atoms with E-state index in [-0.39, 0.29) is 24.0 Å². The molecule has 7 nitrogen and oxygen atoms in total. The van der Waals surface area contributed by atoms with Gasteiger partial charge in [0.1, 0.15) is 17.5 Å². The Morgan fingerprint density at radius 3 is 2.44 bits per heavy atom. The van der Waals surface area contributed by atoms with Crippen LogP contribution in [0.4, 0.5) is 14.9 Å². The van der Waals surface area contributed by atoms with Crippen molar-refractivity contribution in [3.05, 3.63) is 30.1 Å². The van der Waals surface area contributed by atoms with Gasteiger partial charge in [-0.25, -0.2) is 9.18 Å². The van der Waals surface area contributed by atoms with Gasteiger partial charge in [-0.05, 0) is 71.2 Å². The van der Waals surface area contributed by atoms with Gasteiger partial charge >= 0.3 is 12.1 Å². The number of nitrogens with zero attached hydrogens (tertiary/aromatic N) is 3. The van der Waals surface area contributed by atoms with Crippen LogP contribution in [0.25, 0.3) is 0 Å². The molecule has 3 saturated heterocycles. The van der Waals surface area contributed by atoms with Crippen molar-refractivity contribution in [2.24, 2.45) is 5.41 Å². The first-order valence-electron chi connectivity index (χ1n) is 12.5. The Balaban J connectivity index is 1.24. The molecule has 34 heavy (non-hydrogen) atoms. The summed E-state index contributed by atoms with van der Waals surface area (Å²) in [6.45, 7) is 12.4. The predicted molar refractivity (Wildman–Crippen MR) is 128 cm³/mol. The van der Waals surface area contributed by atoms with Gasteiger partial charge in [-0.2, -0.15) is 0 Å². The number of cyclic esters (lactones) is 1. The molecular weight excluding hydrogens is 437 g/mol. The minimum atomic E-state index is -0.523. The van der Waals surface area contributed by atoms with E-state index in [1.165, 1.54) is 12.1 Å². The maximum Gasteiger partial charge on any atom is 0.410 e. The Morgan fingerprint density at radius 2 is 1.82 bits per heavy atom. The third kappa shape index (κ3) is 5.65. The van der Waals surface area contributed by atoms with Crippen LogP contribution in [0.5, 0.6) is 0 Å². The molecular formula is C26H38FN3O4. The first-order valence-corrected chi connectivity index (χ1v) is 12.5. The normalized spacial score (nSPS) is 25.5. The molecule has 1 aromatic carbocycles. The van der Waals surface area contributed by atoms with Crippen molar-refractivity contribution in [3.63, 3.8) is 0 Å². The monoisotopic (exact) mass is 475 g/mol. The van der Waals surface area contributed by atoms with Crippen LogP contribution < -0.4 is 4.90 Å². The van der Waals surface area contributed by atoms with E-state index in [1.54, 1.807) is 4.90 Å². The summed E-state index contributed by atoms with van der Waals surface area (Å²) in [7, 11) is 0. The quantitative estimate of drug-likeness (QED) is 0.612. The molecule has 0 N–H and O–H groups in total. The van der Waals surface area contributed by atoms with Gasteiger partial charge in [0.25, 0.3) is 0 Å². The lowest BCUT2D eigenvalue weighted by Gasteiger charge is -2.41. The molecule has 0 aromatic heterocycles. The zero-order chi connectivity index (χ0) is 24.5. The second-order valence-corrected chi connectivity index (χ2v) is 11.1. The van der Waals surface area contributed by atoms with Gasteiger partial charge in [0.2, 0.25) is 0 Å². The van der Waals surface area contributed by atoms with Gasteiger partial charge in [-0.15, -0.1) is 0 Å². The number of piperazine rings is 1. The van der Waals surface area contributed by atoms with Crippen molar-refractivity contribution in [2.45, 2.75) is 71.1 Å². The lowest BCUT2D eigenvalue weighted by Crippen LogP contribution is -2.52. The number of esters is 1. The van der Waals surface area contributed by atoms with E-state index in [0.717, 1.165) is 44.7 Å². The molecule has 188 valence electrons. The van der Waals surface area contributed by atoms with Crippen LogP contribution in [0.3, 0.4) is 0 Å². The molecule has 8 heteroatoms. The standard InChI is InChI=1S/C26H38FN3O4/c1-19-18-30(21-7-5-20(27)6-8-21)16-15-28(19)12-9-22-17-26(23(31)33-22)10-13-29(14-11-26)24(32)34-25(2,3)4/h5-8,19,22H,9-18H2,1-4H3/t19-,22-/m0/s1. The Morgan fingerprint density at radius 1 is 1.15 bits per heavy atom. The lowest BCUT2D eigenvalue weighted by atomic mass is 9.76. The molecule has 0 bridgehead atoms. The number of hydrogen-bond acceptors (Lipinski definition) is 6. The highest BCUT2D eigenvalue weighted by atomic mass is 19.1. The number of carbonyl (C=O) groups is 2. The molecule has 1 amide bonds. The maximum atomic E-state index is 13.2. The molecule has 0 unspecified atom stereocenters. The number of piperidine rings is 1. The number of benzene rings is 1. The average Bonchev–Trinajstić information content (AvgIpc) is 3.07. The number of halogens is 1. The van der Waals surface area contributed by atoms with Crippen molar-refractivity contribution < 1.29 is 23.5 Å². The van der Waals surface area contributed by atoms with Crippen LogP contribution in [-0.2, 0) is 14.3 Å². The summed E-state index contributed by atoms with van der Waals surface area (Å²) in [6.07, 6.45) is 2.45. The van der Waals surface area contributed by atoms with E-state index in [9.17, 15) is 14.0 Å². The zero-order valence-electron chi connectivity index (χ0n) is 20.9. The maximum absolute atomic E-state index is 13.2. The molecule has 2 atom stereocenters. The van der Waals surface area contributed by atoms with E-state index < -0.39 is 11.0 Å². The number of likely N-dealkylation sites (tertiary alicyclic amines) is 1. The minimum absolute atomic E-state index is 0.0668. The van der Waals surface area contributed by atoms with Gasteiger partial charge in [-0.3, -0.25) is 9.69 Å². The van der Waals surface area contributed by atoms with Crippen LogP contribution >= 0.6 is 0 Å². The number of hydrogen-bond donors (Lipinski definition) is 0. The topological polar surface area (TPSA) is 62.3 Å². The van der Waals surface area contributed by atoms with Gasteiger partial charge in [0.05, 0.1) is 5.41 Å². The SMILES string of the molecule is C[C@H]1CN(c2ccc(F)cc2)CCN1CC[C@H]1CC2(CCN(C(=O)OC(C)(C)C)CC2)C(=O)O1. The first kappa shape index (κ1) is 24.8. The van der Waals surface area contributed by atoms with Crippen molar-refractivity contribution in [3.8, 4) is 0 Å². The van der Waals surface area contributed by atoms with Gasteiger partial charge in [0.15, 0.2) is 0 Å². The third-order valence-electron chi connectivity index (χ3n) is 7.39. The molecule has 3 aliphatic heterocycles. The number of anilines is 1. The summed E-state index contributed by atoms with van der Waals surface area (Å²) < 4.78 is 24.5. The molecule has 0 radical (unpaired) electrons. The Bertz CT molecular complexity index is 877. The molecule has 1 spiro atoms. The van der Waals surface area contributed by atoms with Crippen molar-refractivity contribution >= 4 is 17.7 Å². The van der Waals surface area contributed by atoms with Crippen LogP contribution in [0.2, 0.25) is 0 Å². The smallest absolute Gasteiger partial charge is 0.410 e. The highest BCUT2D eigenvalue weighted by Crippen LogP contribution is 2.44. The second kappa shape index (κ2) is 9.72. The number of carbonyl (C=O) groups excluding carboxylic acids is 2. The number of ether oxygens (including phenoxy) is 2. The number of rotatable bonds is 4. The van der Waals surface area contributed by atoms with Gasteiger partial charge in [-0.1, -0.05) is 0 Å². The van der Waals surface area contributed by atoms with E-state index in [0.29, 0.717) is 32.0 Å². The molecule has 4 rings (SSSR count). The Kier molecular flexibility index (Phi) is 7.08. The second-order valence-electron chi connectivity index (χ2n) is 11.1. The summed E-state index contributed by atoms with van der Waals surface area (Å²) in [5.41, 5.74) is 0.0682. The fourth-order valence-corrected chi connectivity index (χ4v) is 5.37. The summed E-state index contributed by atoms with van der Waals surface area (Å²) >= 11 is 0. The molecule has 0 saturated carbocycles. The molecule has 0 aliphatic carbocycles. The molecule has 1 aromatic rings.